The molecule has 1 N–H and O–H groups in total. The molecule has 4 nitrogen and oxygen atoms in total. The average molecular weight is 252 g/mol. The molecule has 19 heavy (non-hydrogen) atoms. The van der Waals surface area contributed by atoms with Crippen LogP contribution in [0.2, 0.25) is 0 Å². The Balaban J connectivity index is 1.96. The molecule has 94 valence electrons. The lowest BCUT2D eigenvalue weighted by atomic mass is 10.1. The number of nitrogens with zero attached hydrogens (tertiary/aromatic N) is 2. The van der Waals surface area contributed by atoms with E-state index in [4.69, 9.17) is 10.00 Å². The van der Waals surface area contributed by atoms with Gasteiger partial charge in [-0.3, -0.25) is 0 Å². The van der Waals surface area contributed by atoms with E-state index in [0.29, 0.717) is 17.2 Å². The minimum Gasteiger partial charge on any atom is -0.508 e. The number of hydrogen-bond donors (Lipinski definition) is 1. The van der Waals surface area contributed by atoms with E-state index >= 15 is 0 Å². The molecule has 0 saturated carbocycles. The maximum absolute atomic E-state index is 9.23. The molecule has 1 aliphatic carbocycles. The Kier molecular flexibility index (Phi) is 2.81. The van der Waals surface area contributed by atoms with E-state index in [1.54, 1.807) is 12.1 Å². The number of aromatic nitrogens is 1. The zero-order chi connectivity index (χ0) is 13.2. The van der Waals surface area contributed by atoms with Gasteiger partial charge in [0.2, 0.25) is 5.88 Å². The summed E-state index contributed by atoms with van der Waals surface area (Å²) >= 11 is 0. The lowest BCUT2D eigenvalue weighted by Crippen LogP contribution is -1.97. The molecule has 0 radical (unpaired) electrons. The topological polar surface area (TPSA) is 66.1 Å². The summed E-state index contributed by atoms with van der Waals surface area (Å²) in [6.07, 6.45) is 3.00. The van der Waals surface area contributed by atoms with Crippen molar-refractivity contribution in [2.45, 2.75) is 19.3 Å². The van der Waals surface area contributed by atoms with Gasteiger partial charge in [0.15, 0.2) is 0 Å². The number of fused-ring (bicyclic) bond motifs is 1. The van der Waals surface area contributed by atoms with Crippen LogP contribution in [0.15, 0.2) is 30.3 Å². The number of benzene rings is 1. The zero-order valence-electron chi connectivity index (χ0n) is 10.3. The molecular formula is C15H12N2O2. The third-order valence-electron chi connectivity index (χ3n) is 3.19. The molecule has 1 aromatic carbocycles. The molecule has 1 heterocycles. The Bertz CT molecular complexity index is 657. The van der Waals surface area contributed by atoms with E-state index in [2.05, 4.69) is 11.1 Å². The van der Waals surface area contributed by atoms with Gasteiger partial charge in [-0.05, 0) is 55.2 Å². The number of aromatic hydroxyl groups is 1. The van der Waals surface area contributed by atoms with Gasteiger partial charge in [0, 0.05) is 5.69 Å². The predicted octanol–water partition coefficient (Wildman–Crippen LogP) is 2.94. The van der Waals surface area contributed by atoms with E-state index in [9.17, 15) is 5.11 Å². The van der Waals surface area contributed by atoms with Gasteiger partial charge in [0.25, 0.3) is 0 Å². The van der Waals surface area contributed by atoms with Gasteiger partial charge < -0.3 is 9.84 Å². The van der Waals surface area contributed by atoms with Gasteiger partial charge in [-0.15, -0.1) is 0 Å². The van der Waals surface area contributed by atoms with E-state index in [1.165, 1.54) is 12.1 Å². The third kappa shape index (κ3) is 2.23. The zero-order valence-corrected chi connectivity index (χ0v) is 10.3. The highest BCUT2D eigenvalue weighted by Crippen LogP contribution is 2.29. The molecule has 0 unspecified atom stereocenters. The Morgan fingerprint density at radius 3 is 2.74 bits per heavy atom. The van der Waals surface area contributed by atoms with Crippen molar-refractivity contribution in [1.29, 1.82) is 5.26 Å². The molecule has 0 atom stereocenters. The van der Waals surface area contributed by atoms with Crippen LogP contribution in [0.5, 0.6) is 17.4 Å². The van der Waals surface area contributed by atoms with Crippen LogP contribution >= 0.6 is 0 Å². The summed E-state index contributed by atoms with van der Waals surface area (Å²) < 4.78 is 5.64. The number of rotatable bonds is 2. The van der Waals surface area contributed by atoms with Crippen LogP contribution in [0, 0.1) is 11.3 Å². The number of phenols is 1. The molecule has 4 heteroatoms. The Labute approximate surface area is 110 Å². The van der Waals surface area contributed by atoms with Gasteiger partial charge in [0.1, 0.15) is 23.1 Å². The first-order valence-electron chi connectivity index (χ1n) is 6.16. The summed E-state index contributed by atoms with van der Waals surface area (Å²) in [6, 6.07) is 10.3. The largest absolute Gasteiger partial charge is 0.508 e. The minimum absolute atomic E-state index is 0.176. The highest BCUT2D eigenvalue weighted by atomic mass is 16.5. The fourth-order valence-corrected chi connectivity index (χ4v) is 2.24. The van der Waals surface area contributed by atoms with Crippen LogP contribution in [0.25, 0.3) is 0 Å². The molecule has 3 rings (SSSR count). The van der Waals surface area contributed by atoms with E-state index in [-0.39, 0.29) is 5.75 Å². The number of phenolic OH excluding ortho intramolecular Hbond substituents is 1. The fourth-order valence-electron chi connectivity index (χ4n) is 2.24. The van der Waals surface area contributed by atoms with Crippen molar-refractivity contribution in [3.05, 3.63) is 47.2 Å². The number of nitriles is 1. The Morgan fingerprint density at radius 1 is 1.21 bits per heavy atom. The van der Waals surface area contributed by atoms with Crippen molar-refractivity contribution in [3.63, 3.8) is 0 Å². The summed E-state index contributed by atoms with van der Waals surface area (Å²) in [5.74, 6) is 1.07. The quantitative estimate of drug-likeness (QED) is 0.892. The van der Waals surface area contributed by atoms with Gasteiger partial charge >= 0.3 is 0 Å². The van der Waals surface area contributed by atoms with Crippen LogP contribution in [0.3, 0.4) is 0 Å². The highest BCUT2D eigenvalue weighted by molar-refractivity contribution is 5.46. The highest BCUT2D eigenvalue weighted by Gasteiger charge is 2.17. The Hall–Kier alpha value is -2.54. The number of pyridine rings is 1. The molecular weight excluding hydrogens is 240 g/mol. The van der Waals surface area contributed by atoms with Crippen molar-refractivity contribution in [2.24, 2.45) is 0 Å². The monoisotopic (exact) mass is 252 g/mol. The summed E-state index contributed by atoms with van der Waals surface area (Å²) in [5, 5.41) is 18.4. The van der Waals surface area contributed by atoms with Gasteiger partial charge in [0.05, 0.1) is 0 Å². The van der Waals surface area contributed by atoms with Gasteiger partial charge in [-0.25, -0.2) is 4.98 Å². The molecule has 1 aliphatic rings. The molecule has 0 saturated heterocycles. The fraction of sp³-hybridized carbons (Fsp3) is 0.200. The molecule has 0 bridgehead atoms. The second-order valence-corrected chi connectivity index (χ2v) is 4.51. The first-order chi connectivity index (χ1) is 9.26. The molecule has 2 aromatic rings. The first kappa shape index (κ1) is 11.5. The van der Waals surface area contributed by atoms with Crippen LogP contribution in [0.1, 0.15) is 23.2 Å². The van der Waals surface area contributed by atoms with Gasteiger partial charge in [-0.1, -0.05) is 0 Å². The normalized spacial score (nSPS) is 12.8. The summed E-state index contributed by atoms with van der Waals surface area (Å²) in [6.45, 7) is 0. The Morgan fingerprint density at radius 2 is 2.00 bits per heavy atom. The van der Waals surface area contributed by atoms with Gasteiger partial charge in [-0.2, -0.15) is 5.26 Å². The summed E-state index contributed by atoms with van der Waals surface area (Å²) in [7, 11) is 0. The molecule has 0 aliphatic heterocycles. The van der Waals surface area contributed by atoms with Crippen molar-refractivity contribution in [2.75, 3.05) is 0 Å². The maximum Gasteiger partial charge on any atom is 0.237 e. The SMILES string of the molecule is N#Cc1cc2c(nc1Oc1ccc(O)cc1)CCC2. The third-order valence-corrected chi connectivity index (χ3v) is 3.19. The standard InChI is InChI=1S/C15H12N2O2/c16-9-11-8-10-2-1-3-14(10)17-15(11)19-13-6-4-12(18)5-7-13/h4-8,18H,1-3H2. The van der Waals surface area contributed by atoms with E-state index < -0.39 is 0 Å². The summed E-state index contributed by atoms with van der Waals surface area (Å²) in [5.41, 5.74) is 2.62. The second-order valence-electron chi connectivity index (χ2n) is 4.51. The van der Waals surface area contributed by atoms with Crippen LogP contribution < -0.4 is 4.74 Å². The average Bonchev–Trinajstić information content (AvgIpc) is 2.87. The number of ether oxygens (including phenoxy) is 1. The first-order valence-corrected chi connectivity index (χ1v) is 6.16. The number of aryl methyl sites for hydroxylation is 2. The smallest absolute Gasteiger partial charge is 0.237 e. The van der Waals surface area contributed by atoms with Crippen LogP contribution in [-0.4, -0.2) is 10.1 Å². The lowest BCUT2D eigenvalue weighted by Gasteiger charge is -2.08. The number of hydrogen-bond acceptors (Lipinski definition) is 4. The van der Waals surface area contributed by atoms with E-state index in [0.717, 1.165) is 30.5 Å². The molecule has 1 aromatic heterocycles. The van der Waals surface area contributed by atoms with Crippen molar-refractivity contribution in [3.8, 4) is 23.4 Å². The van der Waals surface area contributed by atoms with Crippen molar-refractivity contribution in [1.82, 2.24) is 4.98 Å². The van der Waals surface area contributed by atoms with Crippen molar-refractivity contribution >= 4 is 0 Å². The minimum atomic E-state index is 0.176. The lowest BCUT2D eigenvalue weighted by molar-refractivity contribution is 0.451. The maximum atomic E-state index is 9.23. The predicted molar refractivity (Wildman–Crippen MR) is 69.2 cm³/mol. The van der Waals surface area contributed by atoms with E-state index in [1.807, 2.05) is 6.07 Å². The molecule has 0 spiro atoms. The molecule has 0 fully saturated rings. The second kappa shape index (κ2) is 4.62. The van der Waals surface area contributed by atoms with Crippen LogP contribution in [0.4, 0.5) is 0 Å². The van der Waals surface area contributed by atoms with Crippen molar-refractivity contribution < 1.29 is 9.84 Å². The summed E-state index contributed by atoms with van der Waals surface area (Å²) in [4.78, 5) is 4.43. The molecule has 0 amide bonds. The van der Waals surface area contributed by atoms with Crippen LogP contribution in [-0.2, 0) is 12.8 Å².